The number of hydrogen-bond acceptors (Lipinski definition) is 1. The van der Waals surface area contributed by atoms with Gasteiger partial charge in [0.1, 0.15) is 0 Å². The summed E-state index contributed by atoms with van der Waals surface area (Å²) in [6, 6.07) is 9.34. The Hall–Kier alpha value is -1.28. The first-order chi connectivity index (χ1) is 8.77. The lowest BCUT2D eigenvalue weighted by atomic mass is 10.00. The lowest BCUT2D eigenvalue weighted by Crippen LogP contribution is -2.41. The molecule has 1 aromatic carbocycles. The van der Waals surface area contributed by atoms with E-state index in [-0.39, 0.29) is 17.3 Å². The van der Waals surface area contributed by atoms with Crippen LogP contribution >= 0.6 is 11.6 Å². The Morgan fingerprint density at radius 1 is 1.11 bits per heavy atom. The van der Waals surface area contributed by atoms with E-state index in [0.717, 1.165) is 25.7 Å². The molecule has 0 aliphatic heterocycles. The number of hydrogen-bond donors (Lipinski definition) is 1. The smallest absolute Gasteiger partial charge is 0.251 e. The quantitative estimate of drug-likeness (QED) is 0.642. The summed E-state index contributed by atoms with van der Waals surface area (Å²) < 4.78 is 0. The first-order valence-electron chi connectivity index (χ1n) is 6.42. The first kappa shape index (κ1) is 13.2. The van der Waals surface area contributed by atoms with Crippen molar-refractivity contribution >= 4 is 17.5 Å². The summed E-state index contributed by atoms with van der Waals surface area (Å²) in [5.74, 6) is -0.0317. The largest absolute Gasteiger partial charge is 0.348 e. The Labute approximate surface area is 113 Å². The van der Waals surface area contributed by atoms with E-state index in [1.54, 1.807) is 0 Å². The van der Waals surface area contributed by atoms with Crippen LogP contribution < -0.4 is 5.32 Å². The van der Waals surface area contributed by atoms with Gasteiger partial charge in [0.2, 0.25) is 0 Å². The molecule has 2 atom stereocenters. The van der Waals surface area contributed by atoms with Crippen LogP contribution in [0.2, 0.25) is 0 Å². The molecule has 1 aliphatic carbocycles. The molecule has 3 heteroatoms. The van der Waals surface area contributed by atoms with Crippen LogP contribution in [0.3, 0.4) is 0 Å². The van der Waals surface area contributed by atoms with Gasteiger partial charge in [0, 0.05) is 11.6 Å². The Kier molecular flexibility index (Phi) is 4.82. The zero-order valence-electron chi connectivity index (χ0n) is 10.3. The van der Waals surface area contributed by atoms with Crippen LogP contribution in [-0.4, -0.2) is 17.3 Å². The van der Waals surface area contributed by atoms with Crippen molar-refractivity contribution in [2.75, 3.05) is 0 Å². The minimum Gasteiger partial charge on any atom is -0.348 e. The number of alkyl halides is 1. The number of rotatable bonds is 2. The molecule has 1 aromatic rings. The molecule has 0 bridgehead atoms. The van der Waals surface area contributed by atoms with Crippen LogP contribution in [0.1, 0.15) is 36.0 Å². The summed E-state index contributed by atoms with van der Waals surface area (Å²) in [4.78, 5) is 12.1. The lowest BCUT2D eigenvalue weighted by Gasteiger charge is -2.24. The van der Waals surface area contributed by atoms with E-state index in [9.17, 15) is 4.79 Å². The predicted molar refractivity (Wildman–Crippen MR) is 74.9 cm³/mol. The van der Waals surface area contributed by atoms with Gasteiger partial charge >= 0.3 is 0 Å². The Bertz CT molecular complexity index is 416. The van der Waals surface area contributed by atoms with Crippen molar-refractivity contribution in [1.82, 2.24) is 5.32 Å². The summed E-state index contributed by atoms with van der Waals surface area (Å²) in [7, 11) is 0. The average molecular weight is 264 g/mol. The maximum Gasteiger partial charge on any atom is 0.251 e. The fraction of sp³-hybridized carbons (Fsp3) is 0.400. The molecule has 18 heavy (non-hydrogen) atoms. The topological polar surface area (TPSA) is 29.1 Å². The van der Waals surface area contributed by atoms with Crippen molar-refractivity contribution in [1.29, 1.82) is 0 Å². The highest BCUT2D eigenvalue weighted by atomic mass is 35.5. The molecule has 0 spiro atoms. The Balaban J connectivity index is 1.99. The third-order valence-corrected chi connectivity index (χ3v) is 3.73. The van der Waals surface area contributed by atoms with Crippen molar-refractivity contribution in [3.05, 3.63) is 48.0 Å². The van der Waals surface area contributed by atoms with Crippen LogP contribution in [0, 0.1) is 0 Å². The van der Waals surface area contributed by atoms with Gasteiger partial charge in [-0.05, 0) is 37.8 Å². The van der Waals surface area contributed by atoms with Gasteiger partial charge in [-0.15, -0.1) is 11.6 Å². The highest BCUT2D eigenvalue weighted by Crippen LogP contribution is 2.18. The van der Waals surface area contributed by atoms with Gasteiger partial charge in [-0.3, -0.25) is 4.79 Å². The zero-order chi connectivity index (χ0) is 12.8. The molecular formula is C15H18ClNO. The molecule has 0 radical (unpaired) electrons. The number of allylic oxidation sites excluding steroid dienone is 2. The molecule has 2 nitrogen and oxygen atoms in total. The van der Waals surface area contributed by atoms with E-state index < -0.39 is 0 Å². The van der Waals surface area contributed by atoms with Crippen LogP contribution in [0.4, 0.5) is 0 Å². The van der Waals surface area contributed by atoms with Crippen LogP contribution in [0.5, 0.6) is 0 Å². The SMILES string of the molecule is O=C(N[C@@H]1CC/C=C\CC[C@H]1Cl)c1ccccc1. The monoisotopic (exact) mass is 263 g/mol. The summed E-state index contributed by atoms with van der Waals surface area (Å²) in [5.41, 5.74) is 0.693. The minimum absolute atomic E-state index is 0.0163. The van der Waals surface area contributed by atoms with E-state index in [1.165, 1.54) is 0 Å². The van der Waals surface area contributed by atoms with Gasteiger partial charge < -0.3 is 5.32 Å². The maximum atomic E-state index is 12.1. The van der Waals surface area contributed by atoms with Crippen LogP contribution in [0.15, 0.2) is 42.5 Å². The first-order valence-corrected chi connectivity index (χ1v) is 6.86. The van der Waals surface area contributed by atoms with Gasteiger partial charge in [0.05, 0.1) is 5.38 Å². The third kappa shape index (κ3) is 3.61. The number of carbonyl (C=O) groups is 1. The second-order valence-corrected chi connectivity index (χ2v) is 5.15. The number of nitrogens with one attached hydrogen (secondary N) is 1. The molecule has 1 amide bonds. The molecular weight excluding hydrogens is 246 g/mol. The predicted octanol–water partition coefficient (Wildman–Crippen LogP) is 3.52. The average Bonchev–Trinajstić information content (AvgIpc) is 2.39. The third-order valence-electron chi connectivity index (χ3n) is 3.21. The molecule has 1 aliphatic rings. The fourth-order valence-electron chi connectivity index (χ4n) is 2.15. The van der Waals surface area contributed by atoms with Gasteiger partial charge in [-0.2, -0.15) is 0 Å². The molecule has 0 saturated carbocycles. The summed E-state index contributed by atoms with van der Waals surface area (Å²) >= 11 is 6.34. The van der Waals surface area contributed by atoms with Crippen molar-refractivity contribution < 1.29 is 4.79 Å². The molecule has 96 valence electrons. The van der Waals surface area contributed by atoms with E-state index >= 15 is 0 Å². The van der Waals surface area contributed by atoms with Gasteiger partial charge in [0.25, 0.3) is 5.91 Å². The Morgan fingerprint density at radius 2 is 1.78 bits per heavy atom. The van der Waals surface area contributed by atoms with Crippen molar-refractivity contribution in [3.63, 3.8) is 0 Å². The molecule has 0 heterocycles. The maximum absolute atomic E-state index is 12.1. The van der Waals surface area contributed by atoms with E-state index in [0.29, 0.717) is 5.56 Å². The van der Waals surface area contributed by atoms with E-state index in [1.807, 2.05) is 30.3 Å². The molecule has 1 N–H and O–H groups in total. The minimum atomic E-state index is -0.0317. The van der Waals surface area contributed by atoms with E-state index in [2.05, 4.69) is 17.5 Å². The summed E-state index contributed by atoms with van der Waals surface area (Å²) in [6.07, 6.45) is 8.13. The zero-order valence-corrected chi connectivity index (χ0v) is 11.1. The fourth-order valence-corrected chi connectivity index (χ4v) is 2.47. The van der Waals surface area contributed by atoms with Crippen molar-refractivity contribution in [3.8, 4) is 0 Å². The molecule has 0 fully saturated rings. The number of halogens is 1. The lowest BCUT2D eigenvalue weighted by molar-refractivity contribution is 0.0933. The highest BCUT2D eigenvalue weighted by Gasteiger charge is 2.21. The molecule has 2 rings (SSSR count). The second kappa shape index (κ2) is 6.60. The summed E-state index contributed by atoms with van der Waals surface area (Å²) in [5, 5.41) is 3.06. The standard InChI is InChI=1S/C15H18ClNO/c16-13-10-6-1-2-7-11-14(13)17-15(18)12-8-4-3-5-9-12/h1-5,8-9,13-14H,6-7,10-11H2,(H,17,18)/b2-1-/t13-,14-/m1/s1. The van der Waals surface area contributed by atoms with Gasteiger partial charge in [-0.1, -0.05) is 30.4 Å². The number of benzene rings is 1. The van der Waals surface area contributed by atoms with Crippen molar-refractivity contribution in [2.45, 2.75) is 37.1 Å². The highest BCUT2D eigenvalue weighted by molar-refractivity contribution is 6.21. The van der Waals surface area contributed by atoms with Crippen LogP contribution in [-0.2, 0) is 0 Å². The molecule has 0 unspecified atom stereocenters. The number of carbonyl (C=O) groups excluding carboxylic acids is 1. The van der Waals surface area contributed by atoms with Crippen LogP contribution in [0.25, 0.3) is 0 Å². The molecule has 0 aromatic heterocycles. The number of amides is 1. The second-order valence-electron chi connectivity index (χ2n) is 4.59. The van der Waals surface area contributed by atoms with E-state index in [4.69, 9.17) is 11.6 Å². The van der Waals surface area contributed by atoms with Gasteiger partial charge in [0.15, 0.2) is 0 Å². The van der Waals surface area contributed by atoms with Crippen molar-refractivity contribution in [2.24, 2.45) is 0 Å². The van der Waals surface area contributed by atoms with Gasteiger partial charge in [-0.25, -0.2) is 0 Å². The normalized spacial score (nSPS) is 25.8. The summed E-state index contributed by atoms with van der Waals surface area (Å²) in [6.45, 7) is 0. The molecule has 0 saturated heterocycles. The Morgan fingerprint density at radius 3 is 2.50 bits per heavy atom.